The van der Waals surface area contributed by atoms with Crippen LogP contribution in [-0.2, 0) is 11.3 Å². The Bertz CT molecular complexity index is 795. The van der Waals surface area contributed by atoms with Gasteiger partial charge in [0.1, 0.15) is 6.10 Å². The SMILES string of the molecule is NC(=O)OC1CCC(N(C(=O)NCc2ccccc2)c2ncc(Br)cn2)CC1. The molecule has 0 radical (unpaired) electrons. The standard InChI is InChI=1S/C19H22BrN5O3/c20-14-11-22-18(23-12-14)25(15-6-8-16(9-7-15)28-17(21)26)19(27)24-10-13-4-2-1-3-5-13/h1-5,11-12,15-16H,6-10H2,(H2,21,26)(H,24,27). The minimum absolute atomic E-state index is 0.0929. The van der Waals surface area contributed by atoms with Crippen LogP contribution in [0.15, 0.2) is 47.2 Å². The highest BCUT2D eigenvalue weighted by molar-refractivity contribution is 9.10. The lowest BCUT2D eigenvalue weighted by Crippen LogP contribution is -2.49. The molecule has 1 aliphatic carbocycles. The highest BCUT2D eigenvalue weighted by Gasteiger charge is 2.32. The summed E-state index contributed by atoms with van der Waals surface area (Å²) in [5, 5.41) is 2.94. The van der Waals surface area contributed by atoms with E-state index in [2.05, 4.69) is 31.2 Å². The first-order chi connectivity index (χ1) is 13.5. The topological polar surface area (TPSA) is 110 Å². The number of carbonyl (C=O) groups is 2. The van der Waals surface area contributed by atoms with Crippen molar-refractivity contribution in [3.05, 3.63) is 52.8 Å². The van der Waals surface area contributed by atoms with Crippen molar-refractivity contribution in [1.29, 1.82) is 0 Å². The predicted octanol–water partition coefficient (Wildman–Crippen LogP) is 3.36. The molecule has 0 spiro atoms. The number of ether oxygens (including phenoxy) is 1. The number of primary amides is 1. The van der Waals surface area contributed by atoms with E-state index < -0.39 is 6.09 Å². The summed E-state index contributed by atoms with van der Waals surface area (Å²) in [5.41, 5.74) is 6.11. The molecule has 0 unspecified atom stereocenters. The number of hydrogen-bond acceptors (Lipinski definition) is 5. The van der Waals surface area contributed by atoms with Crippen molar-refractivity contribution in [2.75, 3.05) is 4.90 Å². The van der Waals surface area contributed by atoms with Crippen molar-refractivity contribution < 1.29 is 14.3 Å². The van der Waals surface area contributed by atoms with Gasteiger partial charge in [-0.2, -0.15) is 0 Å². The molecule has 2 aromatic rings. The molecule has 1 saturated carbocycles. The first-order valence-electron chi connectivity index (χ1n) is 9.07. The molecule has 1 aliphatic rings. The predicted molar refractivity (Wildman–Crippen MR) is 108 cm³/mol. The molecule has 1 heterocycles. The molecule has 148 valence electrons. The number of nitrogens with two attached hydrogens (primary N) is 1. The zero-order chi connectivity index (χ0) is 19.9. The number of nitrogens with one attached hydrogen (secondary N) is 1. The number of aromatic nitrogens is 2. The molecule has 8 nitrogen and oxygen atoms in total. The normalized spacial score (nSPS) is 18.9. The van der Waals surface area contributed by atoms with Gasteiger partial charge in [0, 0.05) is 25.0 Å². The number of benzene rings is 1. The van der Waals surface area contributed by atoms with E-state index in [4.69, 9.17) is 10.5 Å². The van der Waals surface area contributed by atoms with Crippen molar-refractivity contribution in [2.45, 2.75) is 44.4 Å². The van der Waals surface area contributed by atoms with Crippen molar-refractivity contribution in [2.24, 2.45) is 5.73 Å². The highest BCUT2D eigenvalue weighted by atomic mass is 79.9. The molecule has 1 aromatic heterocycles. The number of halogens is 1. The van der Waals surface area contributed by atoms with Gasteiger partial charge in [0.2, 0.25) is 5.95 Å². The molecule has 0 atom stereocenters. The van der Waals surface area contributed by atoms with E-state index in [1.807, 2.05) is 30.3 Å². The minimum Gasteiger partial charge on any atom is -0.446 e. The minimum atomic E-state index is -0.767. The number of urea groups is 1. The van der Waals surface area contributed by atoms with Crippen LogP contribution in [0.2, 0.25) is 0 Å². The Labute approximate surface area is 171 Å². The number of anilines is 1. The van der Waals surface area contributed by atoms with Crippen LogP contribution in [0, 0.1) is 0 Å². The van der Waals surface area contributed by atoms with Crippen molar-refractivity contribution in [3.63, 3.8) is 0 Å². The van der Waals surface area contributed by atoms with Crippen LogP contribution in [0.3, 0.4) is 0 Å². The number of hydrogen-bond donors (Lipinski definition) is 2. The Balaban J connectivity index is 1.71. The van der Waals surface area contributed by atoms with Gasteiger partial charge in [0.05, 0.1) is 4.47 Å². The van der Waals surface area contributed by atoms with E-state index in [9.17, 15) is 9.59 Å². The maximum absolute atomic E-state index is 13.0. The van der Waals surface area contributed by atoms with E-state index in [0.717, 1.165) is 10.0 Å². The van der Waals surface area contributed by atoms with Gasteiger partial charge in [-0.1, -0.05) is 30.3 Å². The van der Waals surface area contributed by atoms with Gasteiger partial charge < -0.3 is 15.8 Å². The Kier molecular flexibility index (Phi) is 6.80. The zero-order valence-electron chi connectivity index (χ0n) is 15.3. The monoisotopic (exact) mass is 447 g/mol. The molecule has 28 heavy (non-hydrogen) atoms. The molecule has 1 aromatic carbocycles. The first kappa shape index (κ1) is 20.1. The molecule has 9 heteroatoms. The Morgan fingerprint density at radius 3 is 2.39 bits per heavy atom. The third-order valence-corrected chi connectivity index (χ3v) is 5.03. The second-order valence-corrected chi connectivity index (χ2v) is 7.50. The summed E-state index contributed by atoms with van der Waals surface area (Å²) in [7, 11) is 0. The number of carbonyl (C=O) groups excluding carboxylic acids is 2. The largest absolute Gasteiger partial charge is 0.446 e. The lowest BCUT2D eigenvalue weighted by atomic mass is 9.92. The Hall–Kier alpha value is -2.68. The summed E-state index contributed by atoms with van der Waals surface area (Å²) in [5.74, 6) is 0.341. The molecular weight excluding hydrogens is 426 g/mol. The smallest absolute Gasteiger partial charge is 0.404 e. The van der Waals surface area contributed by atoms with Crippen molar-refractivity contribution in [3.8, 4) is 0 Å². The number of amides is 3. The Morgan fingerprint density at radius 1 is 1.14 bits per heavy atom. The third-order valence-electron chi connectivity index (χ3n) is 4.62. The van der Waals surface area contributed by atoms with Gasteiger partial charge in [-0.15, -0.1) is 0 Å². The summed E-state index contributed by atoms with van der Waals surface area (Å²) in [4.78, 5) is 34.1. The molecular formula is C19H22BrN5O3. The van der Waals surface area contributed by atoms with E-state index in [1.54, 1.807) is 17.3 Å². The van der Waals surface area contributed by atoms with Gasteiger partial charge in [-0.25, -0.2) is 19.6 Å². The van der Waals surface area contributed by atoms with Gasteiger partial charge >= 0.3 is 12.1 Å². The second-order valence-electron chi connectivity index (χ2n) is 6.58. The molecule has 0 aliphatic heterocycles. The van der Waals surface area contributed by atoms with Crippen molar-refractivity contribution >= 4 is 34.0 Å². The third kappa shape index (κ3) is 5.41. The van der Waals surface area contributed by atoms with E-state index in [-0.39, 0.29) is 18.2 Å². The lowest BCUT2D eigenvalue weighted by Gasteiger charge is -2.35. The van der Waals surface area contributed by atoms with E-state index in [0.29, 0.717) is 38.2 Å². The summed E-state index contributed by atoms with van der Waals surface area (Å²) >= 11 is 3.32. The fraction of sp³-hybridized carbons (Fsp3) is 0.368. The van der Waals surface area contributed by atoms with Crippen LogP contribution in [0.1, 0.15) is 31.2 Å². The van der Waals surface area contributed by atoms with Gasteiger partial charge in [-0.05, 0) is 47.2 Å². The maximum Gasteiger partial charge on any atom is 0.404 e. The number of rotatable bonds is 5. The first-order valence-corrected chi connectivity index (χ1v) is 9.87. The van der Waals surface area contributed by atoms with Gasteiger partial charge in [-0.3, -0.25) is 4.90 Å². The van der Waals surface area contributed by atoms with Crippen LogP contribution in [0.25, 0.3) is 0 Å². The van der Waals surface area contributed by atoms with Gasteiger partial charge in [0.15, 0.2) is 0 Å². The fourth-order valence-electron chi connectivity index (χ4n) is 3.29. The average molecular weight is 448 g/mol. The molecule has 1 fully saturated rings. The highest BCUT2D eigenvalue weighted by Crippen LogP contribution is 2.27. The quantitative estimate of drug-likeness (QED) is 0.729. The summed E-state index contributed by atoms with van der Waals surface area (Å²) in [6.07, 6.45) is 4.83. The zero-order valence-corrected chi connectivity index (χ0v) is 16.8. The molecule has 3 rings (SSSR count). The van der Waals surface area contributed by atoms with Crippen LogP contribution >= 0.6 is 15.9 Å². The van der Waals surface area contributed by atoms with Crippen molar-refractivity contribution in [1.82, 2.24) is 15.3 Å². The summed E-state index contributed by atoms with van der Waals surface area (Å²) < 4.78 is 5.82. The van der Waals surface area contributed by atoms with Crippen LogP contribution in [0.5, 0.6) is 0 Å². The van der Waals surface area contributed by atoms with Gasteiger partial charge in [0.25, 0.3) is 0 Å². The van der Waals surface area contributed by atoms with Crippen LogP contribution in [-0.4, -0.2) is 34.2 Å². The molecule has 3 amide bonds. The number of nitrogens with zero attached hydrogens (tertiary/aromatic N) is 3. The molecule has 0 saturated heterocycles. The summed E-state index contributed by atoms with van der Waals surface area (Å²) in [6, 6.07) is 9.34. The molecule has 0 bridgehead atoms. The second kappa shape index (κ2) is 9.50. The van der Waals surface area contributed by atoms with Crippen LogP contribution < -0.4 is 16.0 Å². The maximum atomic E-state index is 13.0. The Morgan fingerprint density at radius 2 is 1.79 bits per heavy atom. The van der Waals surface area contributed by atoms with E-state index in [1.165, 1.54) is 0 Å². The average Bonchev–Trinajstić information content (AvgIpc) is 2.70. The lowest BCUT2D eigenvalue weighted by molar-refractivity contribution is 0.0786. The van der Waals surface area contributed by atoms with E-state index >= 15 is 0 Å². The molecule has 3 N–H and O–H groups in total. The summed E-state index contributed by atoms with van der Waals surface area (Å²) in [6.45, 7) is 0.410. The van der Waals surface area contributed by atoms with Crippen LogP contribution in [0.4, 0.5) is 15.5 Å². The fourth-order valence-corrected chi connectivity index (χ4v) is 3.50.